The number of anilines is 2. The van der Waals surface area contributed by atoms with Gasteiger partial charge in [0.05, 0.1) is 12.1 Å². The smallest absolute Gasteiger partial charge is 0.305 e. The van der Waals surface area contributed by atoms with Gasteiger partial charge in [0.25, 0.3) is 5.91 Å². The van der Waals surface area contributed by atoms with Gasteiger partial charge in [0.1, 0.15) is 11.9 Å². The number of aromatic nitrogens is 2. The number of benzene rings is 1. The van der Waals surface area contributed by atoms with Crippen molar-refractivity contribution < 1.29 is 24.3 Å². The second-order valence-corrected chi connectivity index (χ2v) is 11.9. The van der Waals surface area contributed by atoms with Crippen molar-refractivity contribution in [1.29, 1.82) is 0 Å². The summed E-state index contributed by atoms with van der Waals surface area (Å²) in [5, 5.41) is 12.1. The molecule has 218 valence electrons. The van der Waals surface area contributed by atoms with Crippen LogP contribution in [-0.4, -0.2) is 68.8 Å². The van der Waals surface area contributed by atoms with Crippen LogP contribution in [0, 0.1) is 0 Å². The molecule has 1 saturated carbocycles. The van der Waals surface area contributed by atoms with E-state index in [9.17, 15) is 24.3 Å². The molecule has 6 rings (SSSR count). The molecule has 0 radical (unpaired) electrons. The molecule has 1 unspecified atom stereocenters. The lowest BCUT2D eigenvalue weighted by molar-refractivity contribution is -0.148. The molecule has 3 aliphatic rings. The normalized spacial score (nSPS) is 20.3. The lowest BCUT2D eigenvalue weighted by atomic mass is 9.99. The number of hydrogen-bond donors (Lipinski definition) is 1. The molecule has 3 fully saturated rings. The first-order chi connectivity index (χ1) is 20.4. The maximum absolute atomic E-state index is 13.9. The first-order valence-electron chi connectivity index (χ1n) is 14.6. The second-order valence-electron chi connectivity index (χ2n) is 11.1. The highest BCUT2D eigenvalue weighted by atomic mass is 32.1. The molecule has 1 aromatic carbocycles. The Kier molecular flexibility index (Phi) is 8.01. The third-order valence-electron chi connectivity index (χ3n) is 8.37. The molecule has 0 spiro atoms. The Bertz CT molecular complexity index is 1500. The number of aliphatic carboxylic acids is 1. The fourth-order valence-corrected chi connectivity index (χ4v) is 7.20. The minimum Gasteiger partial charge on any atom is -0.481 e. The van der Waals surface area contributed by atoms with Crippen molar-refractivity contribution in [3.8, 4) is 22.4 Å². The van der Waals surface area contributed by atoms with Crippen molar-refractivity contribution in [3.05, 3.63) is 48.0 Å². The average Bonchev–Trinajstić information content (AvgIpc) is 3.77. The van der Waals surface area contributed by atoms with Gasteiger partial charge in [-0.25, -0.2) is 9.97 Å². The number of rotatable bonds is 7. The first kappa shape index (κ1) is 28.0. The molecule has 11 heteroatoms. The molecule has 1 N–H and O–H groups in total. The molecule has 2 aliphatic heterocycles. The van der Waals surface area contributed by atoms with Crippen LogP contribution in [0.25, 0.3) is 22.4 Å². The monoisotopic (exact) mass is 587 g/mol. The summed E-state index contributed by atoms with van der Waals surface area (Å²) in [4.78, 5) is 65.3. The Morgan fingerprint density at radius 2 is 1.62 bits per heavy atom. The van der Waals surface area contributed by atoms with Gasteiger partial charge in [-0.05, 0) is 43.4 Å². The number of amides is 3. The molecule has 1 atom stereocenters. The molecular weight excluding hydrogens is 554 g/mol. The van der Waals surface area contributed by atoms with Crippen molar-refractivity contribution in [1.82, 2.24) is 14.9 Å². The molecule has 3 aromatic rings. The summed E-state index contributed by atoms with van der Waals surface area (Å²) in [6.45, 7) is 0.979. The van der Waals surface area contributed by atoms with Crippen LogP contribution < -0.4 is 9.80 Å². The van der Waals surface area contributed by atoms with Crippen molar-refractivity contribution >= 4 is 46.0 Å². The molecule has 2 aromatic heterocycles. The third-order valence-corrected chi connectivity index (χ3v) is 9.23. The van der Waals surface area contributed by atoms with E-state index in [1.54, 1.807) is 20.9 Å². The quantitative estimate of drug-likeness (QED) is 0.423. The molecule has 1 aliphatic carbocycles. The maximum Gasteiger partial charge on any atom is 0.305 e. The van der Waals surface area contributed by atoms with Crippen LogP contribution in [0.4, 0.5) is 10.9 Å². The largest absolute Gasteiger partial charge is 0.481 e. The summed E-state index contributed by atoms with van der Waals surface area (Å²) in [5.41, 5.74) is 3.36. The Labute approximate surface area is 248 Å². The zero-order valence-electron chi connectivity index (χ0n) is 23.3. The van der Waals surface area contributed by atoms with E-state index in [4.69, 9.17) is 4.98 Å². The van der Waals surface area contributed by atoms with E-state index in [2.05, 4.69) is 4.98 Å². The summed E-state index contributed by atoms with van der Waals surface area (Å²) >= 11 is 1.33. The van der Waals surface area contributed by atoms with E-state index < -0.39 is 18.4 Å². The molecule has 2 saturated heterocycles. The molecule has 0 bridgehead atoms. The second kappa shape index (κ2) is 12.0. The Hall–Kier alpha value is -4.12. The van der Waals surface area contributed by atoms with Crippen LogP contribution in [0.2, 0.25) is 0 Å². The summed E-state index contributed by atoms with van der Waals surface area (Å²) in [6, 6.07) is 10.5. The SMILES string of the molecule is O=C(O)CC1C(=O)N(c2nc(-c3ccccc3-c3ccc(N4CCCC4=O)nc3)cs2)CCCC(=O)N1C1CCCC1. The number of carbonyl (C=O) groups excluding carboxylic acids is 3. The zero-order valence-corrected chi connectivity index (χ0v) is 24.1. The predicted molar refractivity (Wildman–Crippen MR) is 159 cm³/mol. The van der Waals surface area contributed by atoms with Gasteiger partial charge in [-0.15, -0.1) is 11.3 Å². The van der Waals surface area contributed by atoms with Gasteiger partial charge in [0.15, 0.2) is 5.13 Å². The fraction of sp³-hybridized carbons (Fsp3) is 0.419. The first-order valence-corrected chi connectivity index (χ1v) is 15.4. The summed E-state index contributed by atoms with van der Waals surface area (Å²) in [5.74, 6) is -0.893. The number of thiazole rings is 1. The average molecular weight is 588 g/mol. The number of hydrogen-bond acceptors (Lipinski definition) is 7. The molecule has 10 nitrogen and oxygen atoms in total. The third kappa shape index (κ3) is 5.53. The Balaban J connectivity index is 1.29. The minimum atomic E-state index is -1.10. The van der Waals surface area contributed by atoms with Crippen molar-refractivity contribution in [2.24, 2.45) is 0 Å². The van der Waals surface area contributed by atoms with Crippen molar-refractivity contribution in [3.63, 3.8) is 0 Å². The van der Waals surface area contributed by atoms with Crippen LogP contribution in [0.3, 0.4) is 0 Å². The zero-order chi connectivity index (χ0) is 29.2. The van der Waals surface area contributed by atoms with Gasteiger partial charge in [0, 0.05) is 54.7 Å². The van der Waals surface area contributed by atoms with Crippen LogP contribution in [0.15, 0.2) is 48.0 Å². The lowest BCUT2D eigenvalue weighted by Gasteiger charge is -2.39. The minimum absolute atomic E-state index is 0.0886. The number of carbonyl (C=O) groups is 4. The molecule has 42 heavy (non-hydrogen) atoms. The van der Waals surface area contributed by atoms with E-state index in [1.165, 1.54) is 11.3 Å². The Morgan fingerprint density at radius 3 is 2.31 bits per heavy atom. The number of carboxylic acids is 1. The van der Waals surface area contributed by atoms with Crippen LogP contribution in [0.1, 0.15) is 57.8 Å². The van der Waals surface area contributed by atoms with E-state index in [-0.39, 0.29) is 30.2 Å². The molecule has 3 amide bonds. The van der Waals surface area contributed by atoms with Crippen molar-refractivity contribution in [2.45, 2.75) is 69.9 Å². The van der Waals surface area contributed by atoms with Gasteiger partial charge < -0.3 is 10.0 Å². The van der Waals surface area contributed by atoms with E-state index >= 15 is 0 Å². The van der Waals surface area contributed by atoms with Crippen LogP contribution in [0.5, 0.6) is 0 Å². The van der Waals surface area contributed by atoms with Gasteiger partial charge in [0.2, 0.25) is 11.8 Å². The molecular formula is C31H33N5O5S. The maximum atomic E-state index is 13.9. The summed E-state index contributed by atoms with van der Waals surface area (Å²) in [6.07, 6.45) is 6.98. The van der Waals surface area contributed by atoms with Crippen LogP contribution >= 0.6 is 11.3 Å². The summed E-state index contributed by atoms with van der Waals surface area (Å²) in [7, 11) is 0. The highest BCUT2D eigenvalue weighted by molar-refractivity contribution is 7.14. The fourth-order valence-electron chi connectivity index (χ4n) is 6.35. The van der Waals surface area contributed by atoms with Gasteiger partial charge in [-0.3, -0.25) is 29.0 Å². The number of carboxylic acid groups (broad SMARTS) is 1. The standard InChI is InChI=1S/C31H33N5O5S/c37-27-11-5-15-34(27)26-14-13-20(18-32-26)22-9-3-4-10-23(22)24-19-42-31(33-24)35-16-6-12-28(38)36(21-7-1-2-8-21)25(30(35)41)17-29(39)40/h3-4,9-10,13-14,18-19,21,25H,1-2,5-8,11-12,15-17H2,(H,39,40). The predicted octanol–water partition coefficient (Wildman–Crippen LogP) is 4.74. The number of pyridine rings is 1. The van der Waals surface area contributed by atoms with Gasteiger partial charge >= 0.3 is 5.97 Å². The highest BCUT2D eigenvalue weighted by Crippen LogP contribution is 2.36. The van der Waals surface area contributed by atoms with Crippen LogP contribution in [-0.2, 0) is 19.2 Å². The summed E-state index contributed by atoms with van der Waals surface area (Å²) < 4.78 is 0. The molecule has 4 heterocycles. The van der Waals surface area contributed by atoms with Crippen molar-refractivity contribution in [2.75, 3.05) is 22.9 Å². The Morgan fingerprint density at radius 1 is 0.905 bits per heavy atom. The van der Waals surface area contributed by atoms with E-state index in [0.29, 0.717) is 42.6 Å². The van der Waals surface area contributed by atoms with E-state index in [1.807, 2.05) is 41.8 Å². The number of nitrogens with zero attached hydrogens (tertiary/aromatic N) is 5. The highest BCUT2D eigenvalue weighted by Gasteiger charge is 2.41. The topological polar surface area (TPSA) is 124 Å². The van der Waals surface area contributed by atoms with Gasteiger partial charge in [-0.2, -0.15) is 0 Å². The lowest BCUT2D eigenvalue weighted by Crippen LogP contribution is -2.57. The van der Waals surface area contributed by atoms with E-state index in [0.717, 1.165) is 48.8 Å². The van der Waals surface area contributed by atoms with Gasteiger partial charge in [-0.1, -0.05) is 37.1 Å².